The fourth-order valence-electron chi connectivity index (χ4n) is 3.06. The molecule has 0 spiro atoms. The van der Waals surface area contributed by atoms with E-state index in [0.29, 0.717) is 15.2 Å². The van der Waals surface area contributed by atoms with Gasteiger partial charge in [0.2, 0.25) is 5.91 Å². The Morgan fingerprint density at radius 3 is 2.06 bits per heavy atom. The number of halogens is 2. The number of amides is 2. The minimum Gasteiger partial charge on any atom is -0.459 e. The van der Waals surface area contributed by atoms with Crippen molar-refractivity contribution >= 4 is 51.2 Å². The summed E-state index contributed by atoms with van der Waals surface area (Å²) in [6.07, 6.45) is -0.795. The van der Waals surface area contributed by atoms with Gasteiger partial charge in [-0.3, -0.25) is 4.79 Å². The van der Waals surface area contributed by atoms with E-state index in [1.54, 1.807) is 18.2 Å². The van der Waals surface area contributed by atoms with Crippen LogP contribution >= 0.6 is 27.5 Å². The molecule has 182 valence electrons. The zero-order valence-electron chi connectivity index (χ0n) is 18.7. The smallest absolute Gasteiger partial charge is 0.408 e. The van der Waals surface area contributed by atoms with Gasteiger partial charge >= 0.3 is 12.1 Å². The molecule has 0 heterocycles. The molecule has 2 N–H and O–H groups in total. The SMILES string of the molecule is O=C(CC[C@H](NC(=O)OCc1ccccc1)C(=O)OCc1ccccc1)Nc1ccc(Cl)c(Br)c1. The first-order valence-corrected chi connectivity index (χ1v) is 12.0. The number of hydrogen-bond acceptors (Lipinski definition) is 5. The second-order valence-corrected chi connectivity index (χ2v) is 8.83. The molecule has 35 heavy (non-hydrogen) atoms. The Balaban J connectivity index is 1.57. The van der Waals surface area contributed by atoms with E-state index in [1.165, 1.54) is 0 Å². The van der Waals surface area contributed by atoms with Crippen molar-refractivity contribution in [1.29, 1.82) is 0 Å². The molecule has 3 aromatic carbocycles. The van der Waals surface area contributed by atoms with E-state index in [1.807, 2.05) is 60.7 Å². The van der Waals surface area contributed by atoms with Gasteiger partial charge in [0.15, 0.2) is 0 Å². The minimum absolute atomic E-state index is 0.0225. The summed E-state index contributed by atoms with van der Waals surface area (Å²) in [6.45, 7) is 0.0896. The van der Waals surface area contributed by atoms with Gasteiger partial charge in [-0.15, -0.1) is 0 Å². The van der Waals surface area contributed by atoms with Crippen LogP contribution in [0.2, 0.25) is 5.02 Å². The number of carbonyl (C=O) groups is 3. The van der Waals surface area contributed by atoms with Crippen molar-refractivity contribution in [2.24, 2.45) is 0 Å². The molecule has 0 saturated carbocycles. The van der Waals surface area contributed by atoms with E-state index in [9.17, 15) is 14.4 Å². The molecular formula is C26H24BrClN2O5. The molecule has 0 aromatic heterocycles. The summed E-state index contributed by atoms with van der Waals surface area (Å²) in [7, 11) is 0. The number of benzene rings is 3. The first-order valence-electron chi connectivity index (χ1n) is 10.8. The van der Waals surface area contributed by atoms with Crippen LogP contribution in [0, 0.1) is 0 Å². The summed E-state index contributed by atoms with van der Waals surface area (Å²) >= 11 is 9.29. The highest BCUT2D eigenvalue weighted by Gasteiger charge is 2.24. The van der Waals surface area contributed by atoms with E-state index in [4.69, 9.17) is 21.1 Å². The standard InChI is InChI=1S/C26H24BrClN2O5/c27-21-15-20(11-12-22(21)28)29-24(31)14-13-23(25(32)34-16-18-7-3-1-4-8-18)30-26(33)35-17-19-9-5-2-6-10-19/h1-12,15,23H,13-14,16-17H2,(H,29,31)(H,30,33)/t23-/m0/s1. The van der Waals surface area contributed by atoms with Gasteiger partial charge in [0.25, 0.3) is 0 Å². The van der Waals surface area contributed by atoms with Crippen molar-refractivity contribution in [2.75, 3.05) is 5.32 Å². The number of esters is 1. The van der Waals surface area contributed by atoms with Gasteiger partial charge in [-0.1, -0.05) is 72.3 Å². The van der Waals surface area contributed by atoms with Gasteiger partial charge in [0.05, 0.1) is 5.02 Å². The molecular weight excluding hydrogens is 536 g/mol. The predicted octanol–water partition coefficient (Wildman–Crippen LogP) is 5.86. The second kappa shape index (κ2) is 13.5. The van der Waals surface area contributed by atoms with Crippen molar-refractivity contribution < 1.29 is 23.9 Å². The van der Waals surface area contributed by atoms with E-state index in [-0.39, 0.29) is 32.0 Å². The molecule has 0 aliphatic carbocycles. The van der Waals surface area contributed by atoms with Crippen LogP contribution in [0.4, 0.5) is 10.5 Å². The van der Waals surface area contributed by atoms with Crippen LogP contribution < -0.4 is 10.6 Å². The van der Waals surface area contributed by atoms with E-state index in [0.717, 1.165) is 11.1 Å². The molecule has 9 heteroatoms. The average Bonchev–Trinajstić information content (AvgIpc) is 2.87. The zero-order valence-corrected chi connectivity index (χ0v) is 21.1. The Bertz CT molecular complexity index is 1140. The Hall–Kier alpha value is -3.36. The van der Waals surface area contributed by atoms with E-state index < -0.39 is 18.1 Å². The number of rotatable bonds is 10. The monoisotopic (exact) mass is 558 g/mol. The van der Waals surface area contributed by atoms with Gasteiger partial charge in [0, 0.05) is 16.6 Å². The second-order valence-electron chi connectivity index (χ2n) is 7.57. The highest BCUT2D eigenvalue weighted by atomic mass is 79.9. The third-order valence-corrected chi connectivity index (χ3v) is 6.09. The van der Waals surface area contributed by atoms with Gasteiger partial charge < -0.3 is 20.1 Å². The molecule has 0 saturated heterocycles. The number of anilines is 1. The number of nitrogens with one attached hydrogen (secondary N) is 2. The summed E-state index contributed by atoms with van der Waals surface area (Å²) in [4.78, 5) is 37.5. The first kappa shape index (κ1) is 26.2. The Morgan fingerprint density at radius 2 is 1.46 bits per heavy atom. The summed E-state index contributed by atoms with van der Waals surface area (Å²) in [5.41, 5.74) is 2.15. The number of ether oxygens (including phenoxy) is 2. The van der Waals surface area contributed by atoms with Crippen LogP contribution in [0.25, 0.3) is 0 Å². The van der Waals surface area contributed by atoms with Crippen LogP contribution in [0.1, 0.15) is 24.0 Å². The maximum atomic E-state index is 12.7. The maximum Gasteiger partial charge on any atom is 0.408 e. The lowest BCUT2D eigenvalue weighted by molar-refractivity contribution is -0.147. The molecule has 0 bridgehead atoms. The fraction of sp³-hybridized carbons (Fsp3) is 0.192. The lowest BCUT2D eigenvalue weighted by atomic mass is 10.1. The van der Waals surface area contributed by atoms with Crippen LogP contribution in [0.3, 0.4) is 0 Å². The lowest BCUT2D eigenvalue weighted by Crippen LogP contribution is -2.42. The van der Waals surface area contributed by atoms with Crippen molar-refractivity contribution in [3.63, 3.8) is 0 Å². The number of hydrogen-bond donors (Lipinski definition) is 2. The lowest BCUT2D eigenvalue weighted by Gasteiger charge is -2.18. The molecule has 0 aliphatic rings. The maximum absolute atomic E-state index is 12.7. The van der Waals surface area contributed by atoms with Gasteiger partial charge in [-0.05, 0) is 51.7 Å². The topological polar surface area (TPSA) is 93.7 Å². The largest absolute Gasteiger partial charge is 0.459 e. The third kappa shape index (κ3) is 9.07. The zero-order chi connectivity index (χ0) is 25.0. The quantitative estimate of drug-likeness (QED) is 0.304. The van der Waals surface area contributed by atoms with Crippen molar-refractivity contribution in [3.05, 3.63) is 99.5 Å². The van der Waals surface area contributed by atoms with Gasteiger partial charge in [-0.2, -0.15) is 0 Å². The highest BCUT2D eigenvalue weighted by molar-refractivity contribution is 9.10. The molecule has 7 nitrogen and oxygen atoms in total. The third-order valence-electron chi connectivity index (χ3n) is 4.88. The molecule has 3 aromatic rings. The number of carbonyl (C=O) groups excluding carboxylic acids is 3. The molecule has 0 aliphatic heterocycles. The van der Waals surface area contributed by atoms with E-state index in [2.05, 4.69) is 26.6 Å². The molecule has 0 unspecified atom stereocenters. The van der Waals surface area contributed by atoms with Crippen molar-refractivity contribution in [1.82, 2.24) is 5.32 Å². The molecule has 0 radical (unpaired) electrons. The average molecular weight is 560 g/mol. The van der Waals surface area contributed by atoms with E-state index >= 15 is 0 Å². The van der Waals surface area contributed by atoms with Crippen LogP contribution in [-0.4, -0.2) is 24.0 Å². The molecule has 1 atom stereocenters. The minimum atomic E-state index is -1.07. The molecule has 3 rings (SSSR count). The van der Waals surface area contributed by atoms with Gasteiger partial charge in [-0.25, -0.2) is 9.59 Å². The summed E-state index contributed by atoms with van der Waals surface area (Å²) in [6, 6.07) is 22.2. The Kier molecular flexibility index (Phi) is 10.1. The fourth-order valence-corrected chi connectivity index (χ4v) is 3.55. The van der Waals surface area contributed by atoms with Gasteiger partial charge in [0.1, 0.15) is 19.3 Å². The highest BCUT2D eigenvalue weighted by Crippen LogP contribution is 2.25. The normalized spacial score (nSPS) is 11.3. The number of alkyl carbamates (subject to hydrolysis) is 1. The van der Waals surface area contributed by atoms with Crippen LogP contribution in [0.5, 0.6) is 0 Å². The van der Waals surface area contributed by atoms with Crippen molar-refractivity contribution in [2.45, 2.75) is 32.1 Å². The summed E-state index contributed by atoms with van der Waals surface area (Å²) < 4.78 is 11.2. The molecule has 2 amide bonds. The Morgan fingerprint density at radius 1 is 0.857 bits per heavy atom. The Labute approximate surface area is 216 Å². The van der Waals surface area contributed by atoms with Crippen LogP contribution in [0.15, 0.2) is 83.3 Å². The van der Waals surface area contributed by atoms with Crippen LogP contribution in [-0.2, 0) is 32.3 Å². The molecule has 0 fully saturated rings. The van der Waals surface area contributed by atoms with Crippen molar-refractivity contribution in [3.8, 4) is 0 Å². The summed E-state index contributed by atoms with van der Waals surface area (Å²) in [5, 5.41) is 5.77. The summed E-state index contributed by atoms with van der Waals surface area (Å²) in [5.74, 6) is -0.993. The first-order chi connectivity index (χ1) is 16.9. The predicted molar refractivity (Wildman–Crippen MR) is 137 cm³/mol.